The maximum Gasteiger partial charge on any atom is 0.0385 e. The number of nitrogens with one attached hydrogen (secondary N) is 1. The highest BCUT2D eigenvalue weighted by molar-refractivity contribution is 7.84. The van der Waals surface area contributed by atoms with Crippen LogP contribution in [0.15, 0.2) is 0 Å². The molecule has 2 fully saturated rings. The maximum absolute atomic E-state index is 11.4. The Hall–Kier alpha value is 0.0700. The maximum atomic E-state index is 11.4. The molecule has 1 heterocycles. The second kappa shape index (κ2) is 7.75. The molecular weight excluding hydrogens is 256 g/mol. The van der Waals surface area contributed by atoms with E-state index in [2.05, 4.69) is 17.1 Å². The minimum Gasteiger partial charge on any atom is -0.312 e. The van der Waals surface area contributed by atoms with Crippen molar-refractivity contribution < 1.29 is 4.21 Å². The molecule has 1 aliphatic carbocycles. The molecule has 0 aromatic carbocycles. The second-order valence-corrected chi connectivity index (χ2v) is 7.88. The van der Waals surface area contributed by atoms with Crippen LogP contribution in [0.2, 0.25) is 0 Å². The third kappa shape index (κ3) is 4.83. The van der Waals surface area contributed by atoms with Crippen molar-refractivity contribution >= 4 is 10.8 Å². The third-order valence-corrected chi connectivity index (χ3v) is 5.73. The van der Waals surface area contributed by atoms with Gasteiger partial charge in [-0.2, -0.15) is 0 Å². The fourth-order valence-corrected chi connectivity index (χ4v) is 4.57. The van der Waals surface area contributed by atoms with Gasteiger partial charge < -0.3 is 5.32 Å². The minimum absolute atomic E-state index is 0.455. The van der Waals surface area contributed by atoms with Gasteiger partial charge in [0.25, 0.3) is 0 Å². The molecule has 0 radical (unpaired) electrons. The Morgan fingerprint density at radius 2 is 2.00 bits per heavy atom. The topological polar surface area (TPSA) is 32.3 Å². The van der Waals surface area contributed by atoms with E-state index in [-0.39, 0.29) is 0 Å². The van der Waals surface area contributed by atoms with Gasteiger partial charge in [0.05, 0.1) is 0 Å². The summed E-state index contributed by atoms with van der Waals surface area (Å²) in [6, 6.07) is 1.12. The Kier molecular flexibility index (Phi) is 6.30. The first-order chi connectivity index (χ1) is 9.16. The summed E-state index contributed by atoms with van der Waals surface area (Å²) in [4.78, 5) is 2.57. The highest BCUT2D eigenvalue weighted by Crippen LogP contribution is 2.27. The van der Waals surface area contributed by atoms with Crippen LogP contribution >= 0.6 is 0 Å². The van der Waals surface area contributed by atoms with Crippen molar-refractivity contribution in [1.82, 2.24) is 10.2 Å². The first-order valence-corrected chi connectivity index (χ1v) is 9.67. The molecular formula is C15H30N2OS. The SMILES string of the molecule is CC(CS(C)=O)N1CCCNC(C2CCCCC2)C1. The van der Waals surface area contributed by atoms with Crippen molar-refractivity contribution in [1.29, 1.82) is 0 Å². The van der Waals surface area contributed by atoms with Crippen molar-refractivity contribution in [2.75, 3.05) is 31.6 Å². The van der Waals surface area contributed by atoms with Gasteiger partial charge in [0.15, 0.2) is 0 Å². The lowest BCUT2D eigenvalue weighted by Crippen LogP contribution is -2.47. The zero-order chi connectivity index (χ0) is 13.7. The van der Waals surface area contributed by atoms with Crippen LogP contribution in [0.3, 0.4) is 0 Å². The van der Waals surface area contributed by atoms with E-state index in [4.69, 9.17) is 0 Å². The fraction of sp³-hybridized carbons (Fsp3) is 1.00. The van der Waals surface area contributed by atoms with E-state index in [0.717, 1.165) is 31.3 Å². The van der Waals surface area contributed by atoms with E-state index in [9.17, 15) is 4.21 Å². The van der Waals surface area contributed by atoms with E-state index >= 15 is 0 Å². The molecule has 1 aliphatic heterocycles. The van der Waals surface area contributed by atoms with E-state index in [1.165, 1.54) is 38.5 Å². The zero-order valence-electron chi connectivity index (χ0n) is 12.6. The average Bonchev–Trinajstić information content (AvgIpc) is 2.65. The van der Waals surface area contributed by atoms with Gasteiger partial charge in [0, 0.05) is 41.4 Å². The molecule has 0 aromatic heterocycles. The lowest BCUT2D eigenvalue weighted by molar-refractivity contribution is 0.179. The molecule has 3 unspecified atom stereocenters. The van der Waals surface area contributed by atoms with Gasteiger partial charge in [-0.15, -0.1) is 0 Å². The van der Waals surface area contributed by atoms with Crippen molar-refractivity contribution in [2.24, 2.45) is 5.92 Å². The first kappa shape index (κ1) is 15.5. The lowest BCUT2D eigenvalue weighted by atomic mass is 9.83. The van der Waals surface area contributed by atoms with Gasteiger partial charge in [-0.25, -0.2) is 0 Å². The summed E-state index contributed by atoms with van der Waals surface area (Å²) < 4.78 is 11.4. The molecule has 1 saturated carbocycles. The van der Waals surface area contributed by atoms with Crippen LogP contribution in [-0.4, -0.2) is 52.8 Å². The Morgan fingerprint density at radius 3 is 2.68 bits per heavy atom. The van der Waals surface area contributed by atoms with Gasteiger partial charge in [0.1, 0.15) is 0 Å². The molecule has 3 atom stereocenters. The molecule has 3 nitrogen and oxygen atoms in total. The van der Waals surface area contributed by atoms with Crippen molar-refractivity contribution in [3.8, 4) is 0 Å². The molecule has 0 amide bonds. The number of hydrogen-bond acceptors (Lipinski definition) is 3. The van der Waals surface area contributed by atoms with Gasteiger partial charge in [-0.1, -0.05) is 19.3 Å². The highest BCUT2D eigenvalue weighted by atomic mass is 32.2. The average molecular weight is 286 g/mol. The van der Waals surface area contributed by atoms with Gasteiger partial charge in [-0.05, 0) is 45.2 Å². The Balaban J connectivity index is 1.91. The van der Waals surface area contributed by atoms with Crippen molar-refractivity contribution in [2.45, 2.75) is 57.5 Å². The summed E-state index contributed by atoms with van der Waals surface area (Å²) in [6.07, 6.45) is 10.1. The summed E-state index contributed by atoms with van der Waals surface area (Å²) in [5.74, 6) is 1.69. The van der Waals surface area contributed by atoms with Gasteiger partial charge >= 0.3 is 0 Å². The molecule has 1 N–H and O–H groups in total. The summed E-state index contributed by atoms with van der Waals surface area (Å²) in [5, 5.41) is 3.77. The molecule has 4 heteroatoms. The molecule has 2 aliphatic rings. The predicted molar refractivity (Wildman–Crippen MR) is 83.0 cm³/mol. The van der Waals surface area contributed by atoms with Gasteiger partial charge in [0.2, 0.25) is 0 Å². The minimum atomic E-state index is -0.681. The third-order valence-electron chi connectivity index (χ3n) is 4.78. The number of nitrogens with zero attached hydrogens (tertiary/aromatic N) is 1. The molecule has 1 saturated heterocycles. The van der Waals surface area contributed by atoms with Gasteiger partial charge in [-0.3, -0.25) is 9.11 Å². The molecule has 112 valence electrons. The number of hydrogen-bond donors (Lipinski definition) is 1. The van der Waals surface area contributed by atoms with Crippen LogP contribution in [0.4, 0.5) is 0 Å². The van der Waals surface area contributed by atoms with E-state index in [1.807, 2.05) is 6.26 Å². The van der Waals surface area contributed by atoms with E-state index < -0.39 is 10.8 Å². The molecule has 2 rings (SSSR count). The number of rotatable bonds is 4. The van der Waals surface area contributed by atoms with Crippen LogP contribution in [0.25, 0.3) is 0 Å². The summed E-state index contributed by atoms with van der Waals surface area (Å²) in [7, 11) is -0.681. The van der Waals surface area contributed by atoms with Crippen LogP contribution in [0.1, 0.15) is 45.4 Å². The van der Waals surface area contributed by atoms with E-state index in [0.29, 0.717) is 12.1 Å². The van der Waals surface area contributed by atoms with Crippen LogP contribution in [0, 0.1) is 5.92 Å². The predicted octanol–water partition coefficient (Wildman–Crippen LogP) is 2.00. The van der Waals surface area contributed by atoms with Crippen molar-refractivity contribution in [3.05, 3.63) is 0 Å². The fourth-order valence-electron chi connectivity index (χ4n) is 3.68. The van der Waals surface area contributed by atoms with Crippen LogP contribution in [0.5, 0.6) is 0 Å². The van der Waals surface area contributed by atoms with Crippen LogP contribution < -0.4 is 5.32 Å². The molecule has 0 aromatic rings. The van der Waals surface area contributed by atoms with E-state index in [1.54, 1.807) is 0 Å². The summed E-state index contributed by atoms with van der Waals surface area (Å²) >= 11 is 0. The first-order valence-electron chi connectivity index (χ1n) is 7.94. The van der Waals surface area contributed by atoms with Crippen molar-refractivity contribution in [3.63, 3.8) is 0 Å². The normalized spacial score (nSPS) is 30.7. The smallest absolute Gasteiger partial charge is 0.0385 e. The zero-order valence-corrected chi connectivity index (χ0v) is 13.4. The summed E-state index contributed by atoms with van der Waals surface area (Å²) in [6.45, 7) is 5.71. The standard InChI is InChI=1S/C15H30N2OS/c1-13(12-19(2)18)17-10-6-9-16-15(11-17)14-7-4-3-5-8-14/h13-16H,3-12H2,1-2H3. The Morgan fingerprint density at radius 1 is 1.26 bits per heavy atom. The molecule has 0 bridgehead atoms. The largest absolute Gasteiger partial charge is 0.312 e. The quantitative estimate of drug-likeness (QED) is 0.858. The Labute approximate surface area is 121 Å². The monoisotopic (exact) mass is 286 g/mol. The second-order valence-electron chi connectivity index (χ2n) is 6.40. The lowest BCUT2D eigenvalue weighted by Gasteiger charge is -2.35. The highest BCUT2D eigenvalue weighted by Gasteiger charge is 2.28. The Bertz CT molecular complexity index is 292. The molecule has 0 spiro atoms. The molecule has 19 heavy (non-hydrogen) atoms. The summed E-state index contributed by atoms with van der Waals surface area (Å²) in [5.41, 5.74) is 0. The van der Waals surface area contributed by atoms with Crippen LogP contribution in [-0.2, 0) is 10.8 Å².